The van der Waals surface area contributed by atoms with Crippen LogP contribution in [0.15, 0.2) is 36.5 Å². The Labute approximate surface area is 100 Å². The van der Waals surface area contributed by atoms with Gasteiger partial charge in [0.15, 0.2) is 5.75 Å². The number of benzene rings is 1. The quantitative estimate of drug-likeness (QED) is 0.787. The Kier molecular flexibility index (Phi) is 3.06. The first-order chi connectivity index (χ1) is 8.24. The van der Waals surface area contributed by atoms with E-state index >= 15 is 0 Å². The van der Waals surface area contributed by atoms with Gasteiger partial charge in [0.2, 0.25) is 0 Å². The first-order valence-electron chi connectivity index (χ1n) is 5.26. The van der Waals surface area contributed by atoms with Gasteiger partial charge < -0.3 is 4.74 Å². The van der Waals surface area contributed by atoms with Gasteiger partial charge >= 0.3 is 0 Å². The fourth-order valence-corrected chi connectivity index (χ4v) is 1.66. The average molecular weight is 224 g/mol. The third-order valence-electron chi connectivity index (χ3n) is 2.52. The predicted molar refractivity (Wildman–Crippen MR) is 65.7 cm³/mol. The van der Waals surface area contributed by atoms with Crippen molar-refractivity contribution in [3.8, 4) is 23.1 Å². The molecule has 0 aliphatic rings. The van der Waals surface area contributed by atoms with E-state index in [1.54, 1.807) is 12.3 Å². The van der Waals surface area contributed by atoms with Gasteiger partial charge in [-0.3, -0.25) is 4.98 Å². The monoisotopic (exact) mass is 224 g/mol. The zero-order valence-electron chi connectivity index (χ0n) is 9.77. The minimum atomic E-state index is 0.499. The third-order valence-corrected chi connectivity index (χ3v) is 2.52. The summed E-state index contributed by atoms with van der Waals surface area (Å²) < 4.78 is 5.07. The molecule has 0 saturated heterocycles. The smallest absolute Gasteiger partial charge is 0.154 e. The number of pyridine rings is 1. The lowest BCUT2D eigenvalue weighted by atomic mass is 10.1. The number of ether oxygens (including phenoxy) is 1. The SMILES string of the molecule is COc1cnc(-c2cccc(C)c2)cc1C#N. The van der Waals surface area contributed by atoms with E-state index in [2.05, 4.69) is 11.1 Å². The molecule has 0 atom stereocenters. The summed E-state index contributed by atoms with van der Waals surface area (Å²) in [6.45, 7) is 2.03. The van der Waals surface area contributed by atoms with E-state index in [0.29, 0.717) is 11.3 Å². The molecule has 2 rings (SSSR count). The summed E-state index contributed by atoms with van der Waals surface area (Å²) >= 11 is 0. The molecule has 1 heterocycles. The molecule has 0 unspecified atom stereocenters. The Bertz CT molecular complexity index is 585. The van der Waals surface area contributed by atoms with E-state index in [1.807, 2.05) is 31.2 Å². The van der Waals surface area contributed by atoms with E-state index in [4.69, 9.17) is 10.00 Å². The maximum atomic E-state index is 9.02. The van der Waals surface area contributed by atoms with Gasteiger partial charge in [0.25, 0.3) is 0 Å². The summed E-state index contributed by atoms with van der Waals surface area (Å²) in [5.41, 5.74) is 3.45. The summed E-state index contributed by atoms with van der Waals surface area (Å²) in [5, 5.41) is 9.02. The van der Waals surface area contributed by atoms with Crippen LogP contribution in [-0.4, -0.2) is 12.1 Å². The number of nitrogens with zero attached hydrogens (tertiary/aromatic N) is 2. The molecule has 0 fully saturated rings. The molecule has 0 radical (unpaired) electrons. The van der Waals surface area contributed by atoms with Gasteiger partial charge in [0.05, 0.1) is 24.6 Å². The van der Waals surface area contributed by atoms with Crippen LogP contribution in [0, 0.1) is 18.3 Å². The molecule has 0 aliphatic carbocycles. The zero-order chi connectivity index (χ0) is 12.3. The fraction of sp³-hybridized carbons (Fsp3) is 0.143. The normalized spacial score (nSPS) is 9.71. The molecule has 0 aliphatic heterocycles. The highest BCUT2D eigenvalue weighted by atomic mass is 16.5. The summed E-state index contributed by atoms with van der Waals surface area (Å²) in [7, 11) is 1.53. The lowest BCUT2D eigenvalue weighted by molar-refractivity contribution is 0.411. The van der Waals surface area contributed by atoms with Gasteiger partial charge in [-0.05, 0) is 19.1 Å². The van der Waals surface area contributed by atoms with Gasteiger partial charge in [0.1, 0.15) is 6.07 Å². The second-order valence-corrected chi connectivity index (χ2v) is 3.75. The Morgan fingerprint density at radius 1 is 1.29 bits per heavy atom. The van der Waals surface area contributed by atoms with Crippen LogP contribution in [0.25, 0.3) is 11.3 Å². The number of hydrogen-bond acceptors (Lipinski definition) is 3. The number of nitriles is 1. The second kappa shape index (κ2) is 4.67. The Morgan fingerprint density at radius 2 is 2.12 bits per heavy atom. The molecule has 3 heteroatoms. The van der Waals surface area contributed by atoms with Crippen LogP contribution in [0.5, 0.6) is 5.75 Å². The molecule has 0 N–H and O–H groups in total. The second-order valence-electron chi connectivity index (χ2n) is 3.75. The summed E-state index contributed by atoms with van der Waals surface area (Å²) in [6, 6.07) is 11.9. The van der Waals surface area contributed by atoms with Gasteiger partial charge in [-0.15, -0.1) is 0 Å². The molecule has 0 spiro atoms. The molecule has 0 saturated carbocycles. The fourth-order valence-electron chi connectivity index (χ4n) is 1.66. The minimum Gasteiger partial charge on any atom is -0.494 e. The molecular formula is C14H12N2O. The molecule has 0 bridgehead atoms. The Balaban J connectivity index is 2.51. The largest absolute Gasteiger partial charge is 0.494 e. The maximum Gasteiger partial charge on any atom is 0.154 e. The van der Waals surface area contributed by atoms with Crippen molar-refractivity contribution < 1.29 is 4.74 Å². The topological polar surface area (TPSA) is 45.9 Å². The molecule has 84 valence electrons. The van der Waals surface area contributed by atoms with E-state index in [-0.39, 0.29) is 0 Å². The van der Waals surface area contributed by atoms with Crippen molar-refractivity contribution in [2.75, 3.05) is 7.11 Å². The molecule has 1 aromatic carbocycles. The van der Waals surface area contributed by atoms with Gasteiger partial charge in [0, 0.05) is 5.56 Å². The van der Waals surface area contributed by atoms with Crippen LogP contribution in [0.3, 0.4) is 0 Å². The van der Waals surface area contributed by atoms with Crippen molar-refractivity contribution in [2.24, 2.45) is 0 Å². The number of hydrogen-bond donors (Lipinski definition) is 0. The highest BCUT2D eigenvalue weighted by Crippen LogP contribution is 2.23. The molecule has 17 heavy (non-hydrogen) atoms. The van der Waals surface area contributed by atoms with Crippen LogP contribution >= 0.6 is 0 Å². The van der Waals surface area contributed by atoms with E-state index in [9.17, 15) is 0 Å². The number of aromatic nitrogens is 1. The van der Waals surface area contributed by atoms with Gasteiger partial charge in [-0.1, -0.05) is 23.8 Å². The number of methoxy groups -OCH3 is 1. The van der Waals surface area contributed by atoms with E-state index < -0.39 is 0 Å². The van der Waals surface area contributed by atoms with E-state index in [1.165, 1.54) is 12.7 Å². The molecule has 0 amide bonds. The van der Waals surface area contributed by atoms with Crippen molar-refractivity contribution in [1.29, 1.82) is 5.26 Å². The van der Waals surface area contributed by atoms with Crippen molar-refractivity contribution in [3.05, 3.63) is 47.7 Å². The lowest BCUT2D eigenvalue weighted by Crippen LogP contribution is -1.92. The Morgan fingerprint density at radius 3 is 2.76 bits per heavy atom. The lowest BCUT2D eigenvalue weighted by Gasteiger charge is -2.05. The summed E-state index contributed by atoms with van der Waals surface area (Å²) in [4.78, 5) is 4.29. The molecule has 1 aromatic heterocycles. The maximum absolute atomic E-state index is 9.02. The first-order valence-corrected chi connectivity index (χ1v) is 5.26. The predicted octanol–water partition coefficient (Wildman–Crippen LogP) is 2.94. The number of aryl methyl sites for hydroxylation is 1. The average Bonchev–Trinajstić information content (AvgIpc) is 2.38. The van der Waals surface area contributed by atoms with Crippen molar-refractivity contribution in [1.82, 2.24) is 4.98 Å². The van der Waals surface area contributed by atoms with Crippen LogP contribution in [0.4, 0.5) is 0 Å². The zero-order valence-corrected chi connectivity index (χ0v) is 9.77. The minimum absolute atomic E-state index is 0.499. The van der Waals surface area contributed by atoms with Gasteiger partial charge in [-0.2, -0.15) is 5.26 Å². The van der Waals surface area contributed by atoms with Crippen LogP contribution in [0.1, 0.15) is 11.1 Å². The highest BCUT2D eigenvalue weighted by Gasteiger charge is 2.06. The van der Waals surface area contributed by atoms with Crippen molar-refractivity contribution in [2.45, 2.75) is 6.92 Å². The van der Waals surface area contributed by atoms with Crippen LogP contribution in [-0.2, 0) is 0 Å². The van der Waals surface area contributed by atoms with Crippen LogP contribution in [0.2, 0.25) is 0 Å². The molecule has 3 nitrogen and oxygen atoms in total. The standard InChI is InChI=1S/C14H12N2O/c1-10-4-3-5-11(6-10)13-7-12(8-15)14(17-2)9-16-13/h3-7,9H,1-2H3. The summed E-state index contributed by atoms with van der Waals surface area (Å²) in [5.74, 6) is 0.504. The van der Waals surface area contributed by atoms with Crippen molar-refractivity contribution in [3.63, 3.8) is 0 Å². The highest BCUT2D eigenvalue weighted by molar-refractivity contribution is 5.63. The Hall–Kier alpha value is -2.34. The molecular weight excluding hydrogens is 212 g/mol. The number of rotatable bonds is 2. The molecule has 2 aromatic rings. The van der Waals surface area contributed by atoms with Crippen LogP contribution < -0.4 is 4.74 Å². The third kappa shape index (κ3) is 2.26. The van der Waals surface area contributed by atoms with Crippen molar-refractivity contribution >= 4 is 0 Å². The van der Waals surface area contributed by atoms with E-state index in [0.717, 1.165) is 11.3 Å². The first kappa shape index (κ1) is 11.2. The summed E-state index contributed by atoms with van der Waals surface area (Å²) in [6.07, 6.45) is 1.58. The van der Waals surface area contributed by atoms with Gasteiger partial charge in [-0.25, -0.2) is 0 Å².